The van der Waals surface area contributed by atoms with Crippen LogP contribution >= 0.6 is 0 Å². The Morgan fingerprint density at radius 2 is 1.78 bits per heavy atom. The van der Waals surface area contributed by atoms with E-state index >= 15 is 0 Å². The molecule has 0 atom stereocenters. The first-order valence-electron chi connectivity index (χ1n) is 6.79. The van der Waals surface area contributed by atoms with Crippen molar-refractivity contribution in [3.05, 3.63) is 35.6 Å². The summed E-state index contributed by atoms with van der Waals surface area (Å²) in [5, 5.41) is 6.29. The molecule has 2 aromatic rings. The predicted octanol–water partition coefficient (Wildman–Crippen LogP) is 2.66. The van der Waals surface area contributed by atoms with Crippen molar-refractivity contribution in [2.24, 2.45) is 0 Å². The van der Waals surface area contributed by atoms with Crippen molar-refractivity contribution in [2.45, 2.75) is 6.92 Å². The lowest BCUT2D eigenvalue weighted by Gasteiger charge is -2.12. The molecule has 0 radical (unpaired) electrons. The Balaban J connectivity index is 2.16. The van der Waals surface area contributed by atoms with Gasteiger partial charge in [0.25, 0.3) is 0 Å². The number of hydrogen-bond acceptors (Lipinski definition) is 6. The molecule has 122 valence electrons. The van der Waals surface area contributed by atoms with Crippen LogP contribution in [0.5, 0.6) is 17.2 Å². The number of aryl methyl sites for hydroxylation is 1. The van der Waals surface area contributed by atoms with E-state index in [9.17, 15) is 4.79 Å². The second-order valence-corrected chi connectivity index (χ2v) is 4.60. The molecule has 0 aliphatic rings. The van der Waals surface area contributed by atoms with Gasteiger partial charge in [0.05, 0.1) is 21.3 Å². The van der Waals surface area contributed by atoms with Crippen molar-refractivity contribution in [1.29, 1.82) is 0 Å². The Bertz CT molecular complexity index is 696. The third-order valence-corrected chi connectivity index (χ3v) is 2.99. The third kappa shape index (κ3) is 4.03. The van der Waals surface area contributed by atoms with Gasteiger partial charge in [-0.15, -0.1) is 0 Å². The molecule has 23 heavy (non-hydrogen) atoms. The lowest BCUT2D eigenvalue weighted by atomic mass is 10.1. The molecule has 2 rings (SSSR count). The average molecular weight is 318 g/mol. The summed E-state index contributed by atoms with van der Waals surface area (Å²) in [5.41, 5.74) is 0.728. The Hall–Kier alpha value is -2.96. The van der Waals surface area contributed by atoms with Gasteiger partial charge in [0.15, 0.2) is 17.3 Å². The number of aromatic nitrogens is 1. The van der Waals surface area contributed by atoms with Crippen molar-refractivity contribution in [3.8, 4) is 17.2 Å². The molecule has 1 aromatic heterocycles. The molecule has 1 aromatic carbocycles. The molecule has 7 nitrogen and oxygen atoms in total. The number of nitrogens with one attached hydrogen (secondary N) is 1. The first-order valence-corrected chi connectivity index (χ1v) is 6.79. The van der Waals surface area contributed by atoms with Gasteiger partial charge in [-0.05, 0) is 30.7 Å². The van der Waals surface area contributed by atoms with Crippen LogP contribution < -0.4 is 19.5 Å². The first kappa shape index (κ1) is 16.4. The molecular weight excluding hydrogens is 300 g/mol. The summed E-state index contributed by atoms with van der Waals surface area (Å²) in [6.07, 6.45) is 3.01. The fourth-order valence-electron chi connectivity index (χ4n) is 1.96. The van der Waals surface area contributed by atoms with E-state index in [1.807, 2.05) is 0 Å². The van der Waals surface area contributed by atoms with Crippen molar-refractivity contribution in [3.63, 3.8) is 0 Å². The van der Waals surface area contributed by atoms with Gasteiger partial charge in [0, 0.05) is 12.1 Å². The van der Waals surface area contributed by atoms with Crippen LogP contribution in [0.1, 0.15) is 11.3 Å². The monoisotopic (exact) mass is 318 g/mol. The number of rotatable bonds is 6. The summed E-state index contributed by atoms with van der Waals surface area (Å²) in [6, 6.07) is 5.11. The van der Waals surface area contributed by atoms with Crippen molar-refractivity contribution < 1.29 is 23.5 Å². The summed E-state index contributed by atoms with van der Waals surface area (Å²) >= 11 is 0. The maximum absolute atomic E-state index is 11.9. The number of nitrogens with zero attached hydrogens (tertiary/aromatic N) is 1. The molecule has 0 aliphatic carbocycles. The van der Waals surface area contributed by atoms with E-state index in [2.05, 4.69) is 10.5 Å². The van der Waals surface area contributed by atoms with E-state index in [0.717, 1.165) is 5.56 Å². The highest BCUT2D eigenvalue weighted by Gasteiger charge is 2.12. The van der Waals surface area contributed by atoms with E-state index in [1.165, 1.54) is 27.4 Å². The number of carbonyl (C=O) groups is 1. The normalized spacial score (nSPS) is 10.6. The Morgan fingerprint density at radius 3 is 2.26 bits per heavy atom. The van der Waals surface area contributed by atoms with Crippen LogP contribution in [0.2, 0.25) is 0 Å². The molecule has 0 fully saturated rings. The SMILES string of the molecule is COc1cc(/C=C\C(=O)Nc2cc(C)on2)cc(OC)c1OC. The standard InChI is InChI=1S/C16H18N2O5/c1-10-7-14(18-23-10)17-15(19)6-5-11-8-12(20-2)16(22-4)13(9-11)21-3/h5-9H,1-4H3,(H,17,18,19)/b6-5-. The highest BCUT2D eigenvalue weighted by molar-refractivity contribution is 6.01. The largest absolute Gasteiger partial charge is 0.493 e. The second-order valence-electron chi connectivity index (χ2n) is 4.60. The fraction of sp³-hybridized carbons (Fsp3) is 0.250. The van der Waals surface area contributed by atoms with Gasteiger partial charge in [0.2, 0.25) is 11.7 Å². The number of amides is 1. The number of carbonyl (C=O) groups excluding carboxylic acids is 1. The van der Waals surface area contributed by atoms with Crippen LogP contribution in [0.25, 0.3) is 6.08 Å². The molecule has 0 bridgehead atoms. The van der Waals surface area contributed by atoms with Crippen LogP contribution in [0, 0.1) is 6.92 Å². The van der Waals surface area contributed by atoms with Gasteiger partial charge in [-0.25, -0.2) is 0 Å². The fourth-order valence-corrected chi connectivity index (χ4v) is 1.96. The van der Waals surface area contributed by atoms with Crippen LogP contribution in [0.3, 0.4) is 0 Å². The number of methoxy groups -OCH3 is 3. The molecule has 7 heteroatoms. The zero-order valence-electron chi connectivity index (χ0n) is 13.4. The molecule has 1 N–H and O–H groups in total. The minimum absolute atomic E-state index is 0.327. The van der Waals surface area contributed by atoms with Gasteiger partial charge in [0.1, 0.15) is 5.76 Å². The summed E-state index contributed by atoms with van der Waals surface area (Å²) in [6.45, 7) is 1.74. The number of benzene rings is 1. The van der Waals surface area contributed by atoms with Crippen LogP contribution in [0.4, 0.5) is 5.82 Å². The molecule has 1 amide bonds. The van der Waals surface area contributed by atoms with E-state index in [0.29, 0.717) is 28.8 Å². The second kappa shape index (κ2) is 7.35. The van der Waals surface area contributed by atoms with E-state index in [1.54, 1.807) is 31.2 Å². The van der Waals surface area contributed by atoms with E-state index in [-0.39, 0.29) is 5.91 Å². The maximum Gasteiger partial charge on any atom is 0.249 e. The summed E-state index contributed by atoms with van der Waals surface area (Å²) in [5.74, 6) is 2.18. The number of anilines is 1. The Kier molecular flexibility index (Phi) is 5.24. The first-order chi connectivity index (χ1) is 11.1. The minimum Gasteiger partial charge on any atom is -0.493 e. The van der Waals surface area contributed by atoms with Gasteiger partial charge in [-0.3, -0.25) is 4.79 Å². The van der Waals surface area contributed by atoms with Gasteiger partial charge in [-0.1, -0.05) is 5.16 Å². The minimum atomic E-state index is -0.327. The van der Waals surface area contributed by atoms with Crippen molar-refractivity contribution in [2.75, 3.05) is 26.6 Å². The predicted molar refractivity (Wildman–Crippen MR) is 85.0 cm³/mol. The van der Waals surface area contributed by atoms with Crippen molar-refractivity contribution in [1.82, 2.24) is 5.16 Å². The van der Waals surface area contributed by atoms with Gasteiger partial charge in [-0.2, -0.15) is 0 Å². The molecule has 0 spiro atoms. The molecule has 1 heterocycles. The summed E-state index contributed by atoms with van der Waals surface area (Å²) in [7, 11) is 4.60. The van der Waals surface area contributed by atoms with Crippen molar-refractivity contribution >= 4 is 17.8 Å². The maximum atomic E-state index is 11.9. The molecule has 0 unspecified atom stereocenters. The number of hydrogen-bond donors (Lipinski definition) is 1. The lowest BCUT2D eigenvalue weighted by Crippen LogP contribution is -2.07. The Labute approximate surface area is 133 Å². The lowest BCUT2D eigenvalue weighted by molar-refractivity contribution is -0.111. The van der Waals surface area contributed by atoms with E-state index in [4.69, 9.17) is 18.7 Å². The van der Waals surface area contributed by atoms with Crippen LogP contribution in [0.15, 0.2) is 28.8 Å². The zero-order chi connectivity index (χ0) is 16.8. The summed E-state index contributed by atoms with van der Waals surface area (Å²) < 4.78 is 20.7. The van der Waals surface area contributed by atoms with E-state index < -0.39 is 0 Å². The van der Waals surface area contributed by atoms with Gasteiger partial charge < -0.3 is 24.1 Å². The summed E-state index contributed by atoms with van der Waals surface area (Å²) in [4.78, 5) is 11.9. The smallest absolute Gasteiger partial charge is 0.249 e. The average Bonchev–Trinajstić information content (AvgIpc) is 2.96. The molecule has 0 saturated heterocycles. The van der Waals surface area contributed by atoms with Crippen LogP contribution in [-0.4, -0.2) is 32.4 Å². The third-order valence-electron chi connectivity index (χ3n) is 2.99. The number of ether oxygens (including phenoxy) is 3. The molecular formula is C16H18N2O5. The highest BCUT2D eigenvalue weighted by Crippen LogP contribution is 2.38. The molecule has 0 saturated carbocycles. The quantitative estimate of drug-likeness (QED) is 0.825. The van der Waals surface area contributed by atoms with Gasteiger partial charge >= 0.3 is 0 Å². The Morgan fingerprint density at radius 1 is 1.13 bits per heavy atom. The topological polar surface area (TPSA) is 82.8 Å². The molecule has 0 aliphatic heterocycles. The van der Waals surface area contributed by atoms with Crippen LogP contribution in [-0.2, 0) is 4.79 Å². The highest BCUT2D eigenvalue weighted by atomic mass is 16.5. The zero-order valence-corrected chi connectivity index (χ0v) is 13.4.